The number of unbranched alkanes of at least 4 members (excludes halogenated alkanes) is 2. The zero-order valence-corrected chi connectivity index (χ0v) is 20.6. The Kier molecular flexibility index (Phi) is 9.77. The zero-order valence-electron chi connectivity index (χ0n) is 20.6. The van der Waals surface area contributed by atoms with Gasteiger partial charge >= 0.3 is 5.97 Å². The summed E-state index contributed by atoms with van der Waals surface area (Å²) in [6.45, 7) is 3.61. The molecule has 1 aromatic carbocycles. The first-order valence-electron chi connectivity index (χ1n) is 12.9. The first kappa shape index (κ1) is 26.5. The molecular formula is C27H41NO6. The second kappa shape index (κ2) is 12.5. The minimum Gasteiger partial charge on any atom is -0.482 e. The lowest BCUT2D eigenvalue weighted by atomic mass is 9.73. The van der Waals surface area contributed by atoms with Gasteiger partial charge in [-0.15, -0.1) is 0 Å². The topological polar surface area (TPSA) is 119 Å². The van der Waals surface area contributed by atoms with Crippen molar-refractivity contribution < 1.29 is 29.3 Å². The van der Waals surface area contributed by atoms with Gasteiger partial charge < -0.3 is 25.4 Å². The minimum absolute atomic E-state index is 0.207. The van der Waals surface area contributed by atoms with Crippen molar-refractivity contribution in [3.05, 3.63) is 29.3 Å². The van der Waals surface area contributed by atoms with Crippen molar-refractivity contribution in [2.24, 2.45) is 23.5 Å². The molecular weight excluding hydrogens is 434 g/mol. The van der Waals surface area contributed by atoms with E-state index in [2.05, 4.69) is 13.0 Å². The SMILES string of the molecule is CCCCCC(O)CCC1C(O)CC2Cc3c(cccc3OCC(=O)OC(CC)C(N)=O)CC21. The highest BCUT2D eigenvalue weighted by atomic mass is 16.6. The molecule has 34 heavy (non-hydrogen) atoms. The number of esters is 1. The van der Waals surface area contributed by atoms with Gasteiger partial charge in [0, 0.05) is 0 Å². The van der Waals surface area contributed by atoms with E-state index in [1.807, 2.05) is 12.1 Å². The third-order valence-corrected chi connectivity index (χ3v) is 7.63. The zero-order chi connectivity index (χ0) is 24.7. The summed E-state index contributed by atoms with van der Waals surface area (Å²) in [5, 5.41) is 21.2. The van der Waals surface area contributed by atoms with Gasteiger partial charge in [-0.3, -0.25) is 4.79 Å². The number of hydrogen-bond donors (Lipinski definition) is 3. The van der Waals surface area contributed by atoms with Crippen LogP contribution in [-0.4, -0.2) is 47.0 Å². The summed E-state index contributed by atoms with van der Waals surface area (Å²) >= 11 is 0. The molecule has 190 valence electrons. The lowest BCUT2D eigenvalue weighted by molar-refractivity contribution is -0.156. The molecule has 1 amide bonds. The Labute approximate surface area is 203 Å². The Bertz CT molecular complexity index is 827. The van der Waals surface area contributed by atoms with E-state index in [0.717, 1.165) is 63.4 Å². The molecule has 4 N–H and O–H groups in total. The van der Waals surface area contributed by atoms with Gasteiger partial charge in [-0.1, -0.05) is 45.2 Å². The molecule has 0 radical (unpaired) electrons. The van der Waals surface area contributed by atoms with Crippen LogP contribution in [0.4, 0.5) is 0 Å². The van der Waals surface area contributed by atoms with Crippen LogP contribution in [-0.2, 0) is 27.2 Å². The molecule has 2 aliphatic rings. The minimum atomic E-state index is -0.941. The van der Waals surface area contributed by atoms with E-state index < -0.39 is 18.0 Å². The molecule has 0 aliphatic heterocycles. The van der Waals surface area contributed by atoms with Crippen molar-refractivity contribution in [3.63, 3.8) is 0 Å². The number of aliphatic hydroxyl groups excluding tert-OH is 2. The van der Waals surface area contributed by atoms with Crippen LogP contribution in [0.2, 0.25) is 0 Å². The lowest BCUT2D eigenvalue weighted by Crippen LogP contribution is -2.34. The highest BCUT2D eigenvalue weighted by Crippen LogP contribution is 2.48. The van der Waals surface area contributed by atoms with E-state index in [1.165, 1.54) is 5.56 Å². The number of rotatable bonds is 13. The highest BCUT2D eigenvalue weighted by Gasteiger charge is 2.44. The van der Waals surface area contributed by atoms with Crippen LogP contribution in [0.3, 0.4) is 0 Å². The van der Waals surface area contributed by atoms with Crippen LogP contribution in [0.25, 0.3) is 0 Å². The highest BCUT2D eigenvalue weighted by molar-refractivity contribution is 5.82. The number of carbonyl (C=O) groups excluding carboxylic acids is 2. The Hall–Kier alpha value is -2.12. The Morgan fingerprint density at radius 2 is 1.97 bits per heavy atom. The third-order valence-electron chi connectivity index (χ3n) is 7.63. The quantitative estimate of drug-likeness (QED) is 0.297. The van der Waals surface area contributed by atoms with E-state index >= 15 is 0 Å². The lowest BCUT2D eigenvalue weighted by Gasteiger charge is -2.32. The summed E-state index contributed by atoms with van der Waals surface area (Å²) in [6.07, 6.45) is 6.99. The van der Waals surface area contributed by atoms with Crippen molar-refractivity contribution in [2.75, 3.05) is 6.61 Å². The number of nitrogens with two attached hydrogens (primary N) is 1. The fraction of sp³-hybridized carbons (Fsp3) is 0.704. The van der Waals surface area contributed by atoms with Crippen LogP contribution in [0.15, 0.2) is 18.2 Å². The van der Waals surface area contributed by atoms with Crippen LogP contribution >= 0.6 is 0 Å². The molecule has 6 atom stereocenters. The summed E-state index contributed by atoms with van der Waals surface area (Å²) in [6, 6.07) is 5.88. The number of primary amides is 1. The molecule has 2 aliphatic carbocycles. The second-order valence-electron chi connectivity index (χ2n) is 10.00. The number of amides is 1. The summed E-state index contributed by atoms with van der Waals surface area (Å²) in [5.74, 6) is 0.336. The standard InChI is InChI=1S/C27H41NO6/c1-3-5-6-9-19(29)11-12-20-21-13-17-8-7-10-25(22(17)14-18(21)15-23(20)30)33-16-26(31)34-24(4-2)27(28)32/h7-8,10,18-21,23-24,29-30H,3-6,9,11-16H2,1-2H3,(H2,28,32). The van der Waals surface area contributed by atoms with E-state index in [0.29, 0.717) is 24.0 Å². The largest absolute Gasteiger partial charge is 0.482 e. The van der Waals surface area contributed by atoms with Gasteiger partial charge in [-0.2, -0.15) is 0 Å². The van der Waals surface area contributed by atoms with Crippen LogP contribution in [0.5, 0.6) is 5.75 Å². The van der Waals surface area contributed by atoms with E-state index in [-0.39, 0.29) is 24.7 Å². The number of aliphatic hydroxyl groups is 2. The van der Waals surface area contributed by atoms with E-state index in [9.17, 15) is 19.8 Å². The van der Waals surface area contributed by atoms with Gasteiger partial charge in [-0.05, 0) is 79.9 Å². The van der Waals surface area contributed by atoms with Crippen molar-refractivity contribution in [1.82, 2.24) is 0 Å². The molecule has 0 spiro atoms. The Balaban J connectivity index is 1.59. The number of ether oxygens (including phenoxy) is 2. The third kappa shape index (κ3) is 6.72. The normalized spacial score (nSPS) is 25.2. The van der Waals surface area contributed by atoms with Gasteiger partial charge in [0.15, 0.2) is 12.7 Å². The molecule has 3 rings (SSSR count). The molecule has 0 bridgehead atoms. The molecule has 6 unspecified atom stereocenters. The monoisotopic (exact) mass is 475 g/mol. The van der Waals surface area contributed by atoms with Crippen molar-refractivity contribution >= 4 is 11.9 Å². The molecule has 0 saturated heterocycles. The molecule has 0 heterocycles. The summed E-state index contributed by atoms with van der Waals surface area (Å²) in [4.78, 5) is 23.4. The fourth-order valence-corrected chi connectivity index (χ4v) is 5.77. The maximum absolute atomic E-state index is 12.1. The second-order valence-corrected chi connectivity index (χ2v) is 10.00. The Morgan fingerprint density at radius 3 is 2.68 bits per heavy atom. The van der Waals surface area contributed by atoms with Gasteiger partial charge in [0.2, 0.25) is 0 Å². The molecule has 7 heteroatoms. The van der Waals surface area contributed by atoms with Gasteiger partial charge in [0.1, 0.15) is 5.75 Å². The van der Waals surface area contributed by atoms with Crippen molar-refractivity contribution in [2.45, 2.75) is 96.4 Å². The number of hydrogen-bond acceptors (Lipinski definition) is 6. The van der Waals surface area contributed by atoms with E-state index in [4.69, 9.17) is 15.2 Å². The summed E-state index contributed by atoms with van der Waals surface area (Å²) in [5.41, 5.74) is 7.52. The predicted octanol–water partition coefficient (Wildman–Crippen LogP) is 3.31. The maximum atomic E-state index is 12.1. The summed E-state index contributed by atoms with van der Waals surface area (Å²) in [7, 11) is 0. The van der Waals surface area contributed by atoms with Gasteiger partial charge in [0.25, 0.3) is 5.91 Å². The first-order valence-corrected chi connectivity index (χ1v) is 12.9. The fourth-order valence-electron chi connectivity index (χ4n) is 5.77. The van der Waals surface area contributed by atoms with Crippen LogP contribution < -0.4 is 10.5 Å². The number of fused-ring (bicyclic) bond motifs is 2. The summed E-state index contributed by atoms with van der Waals surface area (Å²) < 4.78 is 10.9. The number of benzene rings is 1. The number of carbonyl (C=O) groups is 2. The molecule has 0 aromatic heterocycles. The predicted molar refractivity (Wildman–Crippen MR) is 129 cm³/mol. The average Bonchev–Trinajstić information content (AvgIpc) is 3.12. The molecule has 7 nitrogen and oxygen atoms in total. The first-order chi connectivity index (χ1) is 16.3. The van der Waals surface area contributed by atoms with Crippen molar-refractivity contribution in [3.8, 4) is 5.75 Å². The van der Waals surface area contributed by atoms with Gasteiger partial charge in [0.05, 0.1) is 12.2 Å². The molecule has 1 aromatic rings. The van der Waals surface area contributed by atoms with E-state index in [1.54, 1.807) is 6.92 Å². The van der Waals surface area contributed by atoms with Crippen LogP contribution in [0.1, 0.15) is 76.3 Å². The smallest absolute Gasteiger partial charge is 0.344 e. The van der Waals surface area contributed by atoms with Crippen molar-refractivity contribution in [1.29, 1.82) is 0 Å². The average molecular weight is 476 g/mol. The Morgan fingerprint density at radius 1 is 1.18 bits per heavy atom. The molecule has 1 saturated carbocycles. The molecule has 1 fully saturated rings. The van der Waals surface area contributed by atoms with Gasteiger partial charge in [-0.25, -0.2) is 4.79 Å². The maximum Gasteiger partial charge on any atom is 0.344 e. The van der Waals surface area contributed by atoms with Crippen LogP contribution in [0, 0.1) is 17.8 Å².